The Morgan fingerprint density at radius 2 is 2.04 bits per heavy atom. The highest BCUT2D eigenvalue weighted by Crippen LogP contribution is 2.16. The van der Waals surface area contributed by atoms with Crippen molar-refractivity contribution in [3.8, 4) is 5.75 Å². The van der Waals surface area contributed by atoms with E-state index in [4.69, 9.17) is 4.74 Å². The number of halogens is 1. The second kappa shape index (κ2) is 7.20. The van der Waals surface area contributed by atoms with Crippen molar-refractivity contribution >= 4 is 17.5 Å². The second-order valence-electron chi connectivity index (χ2n) is 5.71. The molecule has 8 heteroatoms. The Morgan fingerprint density at radius 1 is 1.19 bits per heavy atom. The Hall–Kier alpha value is -3.81. The van der Waals surface area contributed by atoms with Crippen LogP contribution in [-0.4, -0.2) is 25.5 Å². The molecule has 0 atom stereocenters. The van der Waals surface area contributed by atoms with Gasteiger partial charge in [0.05, 0.1) is 0 Å². The van der Waals surface area contributed by atoms with Gasteiger partial charge in [0.1, 0.15) is 18.2 Å². The highest BCUT2D eigenvalue weighted by atomic mass is 19.1. The zero-order valence-corrected chi connectivity index (χ0v) is 14.0. The van der Waals surface area contributed by atoms with Crippen LogP contribution in [0.1, 0.15) is 15.9 Å². The number of carbonyl (C=O) groups is 1. The molecule has 1 amide bonds. The molecule has 1 N–H and O–H groups in total. The monoisotopic (exact) mass is 363 g/mol. The Kier molecular flexibility index (Phi) is 4.44. The summed E-state index contributed by atoms with van der Waals surface area (Å²) in [5.74, 6) is -0.0564. The van der Waals surface area contributed by atoms with Gasteiger partial charge in [-0.15, -0.1) is 5.10 Å². The molecule has 0 unspecified atom stereocenters. The molecular formula is C19H14FN5O2. The van der Waals surface area contributed by atoms with Gasteiger partial charge in [0.25, 0.3) is 5.91 Å². The number of anilines is 1. The van der Waals surface area contributed by atoms with Crippen molar-refractivity contribution in [1.82, 2.24) is 19.6 Å². The lowest BCUT2D eigenvalue weighted by molar-refractivity contribution is 0.102. The lowest BCUT2D eigenvalue weighted by Gasteiger charge is -2.05. The molecule has 0 saturated heterocycles. The Bertz CT molecular complexity index is 1080. The number of nitrogens with zero attached hydrogens (tertiary/aromatic N) is 4. The van der Waals surface area contributed by atoms with Crippen molar-refractivity contribution in [2.75, 3.05) is 5.32 Å². The molecule has 3 heterocycles. The van der Waals surface area contributed by atoms with Gasteiger partial charge in [-0.05, 0) is 36.4 Å². The number of aromatic nitrogens is 4. The molecule has 0 radical (unpaired) electrons. The van der Waals surface area contributed by atoms with E-state index in [1.165, 1.54) is 28.8 Å². The maximum absolute atomic E-state index is 13.0. The van der Waals surface area contributed by atoms with Crippen LogP contribution in [0.15, 0.2) is 67.1 Å². The first-order valence-corrected chi connectivity index (χ1v) is 8.12. The molecule has 0 aliphatic rings. The van der Waals surface area contributed by atoms with E-state index >= 15 is 0 Å². The van der Waals surface area contributed by atoms with Crippen molar-refractivity contribution in [2.24, 2.45) is 0 Å². The first-order chi connectivity index (χ1) is 13.2. The molecular weight excluding hydrogens is 349 g/mol. The van der Waals surface area contributed by atoms with E-state index in [1.54, 1.807) is 30.7 Å². The SMILES string of the molecule is O=C(Nc1nc2cc(OCc3cccnc3)ccn2n1)c1ccc(F)cc1. The summed E-state index contributed by atoms with van der Waals surface area (Å²) in [5, 5.41) is 6.78. The zero-order valence-electron chi connectivity index (χ0n) is 14.0. The minimum Gasteiger partial charge on any atom is -0.489 e. The van der Waals surface area contributed by atoms with Crippen molar-refractivity contribution in [3.05, 3.63) is 84.1 Å². The highest BCUT2D eigenvalue weighted by molar-refractivity contribution is 6.03. The number of benzene rings is 1. The van der Waals surface area contributed by atoms with E-state index in [2.05, 4.69) is 20.4 Å². The molecule has 4 aromatic rings. The van der Waals surface area contributed by atoms with Gasteiger partial charge >= 0.3 is 0 Å². The van der Waals surface area contributed by atoms with E-state index in [-0.39, 0.29) is 5.95 Å². The molecule has 134 valence electrons. The topological polar surface area (TPSA) is 81.4 Å². The molecule has 7 nitrogen and oxygen atoms in total. The summed E-state index contributed by atoms with van der Waals surface area (Å²) in [6, 6.07) is 12.5. The number of carbonyl (C=O) groups excluding carboxylic acids is 1. The molecule has 0 spiro atoms. The fraction of sp³-hybridized carbons (Fsp3) is 0.0526. The quantitative estimate of drug-likeness (QED) is 0.589. The largest absolute Gasteiger partial charge is 0.489 e. The van der Waals surface area contributed by atoms with Crippen molar-refractivity contribution in [3.63, 3.8) is 0 Å². The number of pyridine rings is 2. The molecule has 1 aromatic carbocycles. The van der Waals surface area contributed by atoms with Gasteiger partial charge < -0.3 is 4.74 Å². The first kappa shape index (κ1) is 16.6. The third-order valence-corrected chi connectivity index (χ3v) is 3.77. The Balaban J connectivity index is 1.47. The van der Waals surface area contributed by atoms with E-state index in [9.17, 15) is 9.18 Å². The summed E-state index contributed by atoms with van der Waals surface area (Å²) in [6.45, 7) is 0.381. The summed E-state index contributed by atoms with van der Waals surface area (Å²) in [6.07, 6.45) is 5.13. The molecule has 0 aliphatic heterocycles. The van der Waals surface area contributed by atoms with Crippen LogP contribution in [0, 0.1) is 5.82 Å². The lowest BCUT2D eigenvalue weighted by atomic mass is 10.2. The zero-order chi connectivity index (χ0) is 18.6. The molecule has 0 saturated carbocycles. The van der Waals surface area contributed by atoms with Gasteiger partial charge in [-0.25, -0.2) is 8.91 Å². The minimum atomic E-state index is -0.418. The minimum absolute atomic E-state index is 0.147. The molecule has 0 aliphatic carbocycles. The summed E-state index contributed by atoms with van der Waals surface area (Å²) in [4.78, 5) is 20.5. The fourth-order valence-electron chi connectivity index (χ4n) is 2.43. The smallest absolute Gasteiger partial charge is 0.258 e. The summed E-state index contributed by atoms with van der Waals surface area (Å²) >= 11 is 0. The molecule has 3 aromatic heterocycles. The molecule has 27 heavy (non-hydrogen) atoms. The van der Waals surface area contributed by atoms with Crippen LogP contribution in [0.5, 0.6) is 5.75 Å². The van der Waals surface area contributed by atoms with Crippen LogP contribution in [0.3, 0.4) is 0 Å². The first-order valence-electron chi connectivity index (χ1n) is 8.12. The van der Waals surface area contributed by atoms with E-state index in [0.29, 0.717) is 23.6 Å². The van der Waals surface area contributed by atoms with Crippen LogP contribution in [-0.2, 0) is 6.61 Å². The normalized spacial score (nSPS) is 10.7. The average molecular weight is 363 g/mol. The third-order valence-electron chi connectivity index (χ3n) is 3.77. The van der Waals surface area contributed by atoms with Crippen LogP contribution in [0.2, 0.25) is 0 Å². The van der Waals surface area contributed by atoms with E-state index in [0.717, 1.165) is 5.56 Å². The average Bonchev–Trinajstić information content (AvgIpc) is 3.09. The van der Waals surface area contributed by atoms with Crippen molar-refractivity contribution < 1.29 is 13.9 Å². The van der Waals surface area contributed by atoms with Gasteiger partial charge in [0.15, 0.2) is 5.65 Å². The number of hydrogen-bond acceptors (Lipinski definition) is 5. The van der Waals surface area contributed by atoms with Crippen molar-refractivity contribution in [2.45, 2.75) is 6.61 Å². The second-order valence-corrected chi connectivity index (χ2v) is 5.71. The maximum Gasteiger partial charge on any atom is 0.258 e. The standard InChI is InChI=1S/C19H14FN5O2/c20-15-5-3-14(4-6-15)18(26)23-19-22-17-10-16(7-9-25(17)24-19)27-12-13-2-1-8-21-11-13/h1-11H,12H2,(H,23,24,26). The van der Waals surface area contributed by atoms with Gasteiger partial charge in [-0.2, -0.15) is 4.98 Å². The van der Waals surface area contributed by atoms with E-state index < -0.39 is 11.7 Å². The maximum atomic E-state index is 13.0. The molecule has 0 bridgehead atoms. The summed E-state index contributed by atoms with van der Waals surface area (Å²) in [7, 11) is 0. The van der Waals surface area contributed by atoms with Gasteiger partial charge in [-0.3, -0.25) is 15.1 Å². The lowest BCUT2D eigenvalue weighted by Crippen LogP contribution is -2.13. The Morgan fingerprint density at radius 3 is 2.81 bits per heavy atom. The predicted octanol–water partition coefficient (Wildman–Crippen LogP) is 3.09. The highest BCUT2D eigenvalue weighted by Gasteiger charge is 2.11. The number of fused-ring (bicyclic) bond motifs is 1. The van der Waals surface area contributed by atoms with E-state index in [1.807, 2.05) is 12.1 Å². The van der Waals surface area contributed by atoms with Crippen LogP contribution < -0.4 is 10.1 Å². The number of hydrogen-bond donors (Lipinski definition) is 1. The fourth-order valence-corrected chi connectivity index (χ4v) is 2.43. The van der Waals surface area contributed by atoms with Crippen molar-refractivity contribution in [1.29, 1.82) is 0 Å². The van der Waals surface area contributed by atoms with Gasteiger partial charge in [0, 0.05) is 35.8 Å². The summed E-state index contributed by atoms with van der Waals surface area (Å²) in [5.41, 5.74) is 1.79. The number of ether oxygens (including phenoxy) is 1. The number of nitrogens with one attached hydrogen (secondary N) is 1. The van der Waals surface area contributed by atoms with Crippen LogP contribution in [0.25, 0.3) is 5.65 Å². The van der Waals surface area contributed by atoms with Gasteiger partial charge in [-0.1, -0.05) is 6.07 Å². The number of rotatable bonds is 5. The van der Waals surface area contributed by atoms with Crippen LogP contribution >= 0.6 is 0 Å². The molecule has 4 rings (SSSR count). The third kappa shape index (κ3) is 3.90. The van der Waals surface area contributed by atoms with Crippen LogP contribution in [0.4, 0.5) is 10.3 Å². The predicted molar refractivity (Wildman–Crippen MR) is 95.9 cm³/mol. The molecule has 0 fully saturated rings. The number of amides is 1. The Labute approximate surface area is 153 Å². The summed E-state index contributed by atoms with van der Waals surface area (Å²) < 4.78 is 20.2. The van der Waals surface area contributed by atoms with Gasteiger partial charge in [0.2, 0.25) is 5.95 Å².